The molecular weight excluding hydrogens is 316 g/mol. The van der Waals surface area contributed by atoms with Crippen molar-refractivity contribution in [3.63, 3.8) is 0 Å². The number of rotatable bonds is 6. The third kappa shape index (κ3) is 3.64. The van der Waals surface area contributed by atoms with Crippen LogP contribution in [0.5, 0.6) is 0 Å². The standard InChI is InChI=1S/C16H22N2O4S/c1-11(20)14(10-19)17-23(21,22)16-9-5-6-12-13(16)7-4-8-15(12)18(2)3/h4-9,11,14,17,19-20H,10H2,1-3H3/t11-,14-/m0/s1. The highest BCUT2D eigenvalue weighted by Gasteiger charge is 2.24. The summed E-state index contributed by atoms with van der Waals surface area (Å²) in [5.74, 6) is 0. The Bertz CT molecular complexity index is 788. The number of anilines is 1. The molecule has 0 aliphatic rings. The fourth-order valence-corrected chi connectivity index (χ4v) is 3.96. The molecule has 0 saturated carbocycles. The number of nitrogens with one attached hydrogen (secondary N) is 1. The second-order valence-corrected chi connectivity index (χ2v) is 7.36. The lowest BCUT2D eigenvalue weighted by molar-refractivity contribution is 0.115. The summed E-state index contributed by atoms with van der Waals surface area (Å²) in [5, 5.41) is 20.2. The zero-order chi connectivity index (χ0) is 17.2. The number of benzene rings is 2. The summed E-state index contributed by atoms with van der Waals surface area (Å²) >= 11 is 0. The molecule has 0 aliphatic carbocycles. The van der Waals surface area contributed by atoms with E-state index in [0.29, 0.717) is 5.39 Å². The van der Waals surface area contributed by atoms with Gasteiger partial charge in [-0.2, -0.15) is 0 Å². The maximum absolute atomic E-state index is 12.7. The van der Waals surface area contributed by atoms with Crippen LogP contribution >= 0.6 is 0 Å². The fourth-order valence-electron chi connectivity index (χ4n) is 2.44. The van der Waals surface area contributed by atoms with Crippen molar-refractivity contribution in [2.24, 2.45) is 0 Å². The molecule has 0 radical (unpaired) electrons. The van der Waals surface area contributed by atoms with Gasteiger partial charge in [0.05, 0.1) is 23.6 Å². The summed E-state index contributed by atoms with van der Waals surface area (Å²) in [6.45, 7) is 0.946. The Morgan fingerprint density at radius 1 is 1.13 bits per heavy atom. The lowest BCUT2D eigenvalue weighted by atomic mass is 10.1. The molecule has 2 aromatic rings. The summed E-state index contributed by atoms with van der Waals surface area (Å²) in [5.41, 5.74) is 0.911. The van der Waals surface area contributed by atoms with Crippen molar-refractivity contribution in [1.29, 1.82) is 0 Å². The van der Waals surface area contributed by atoms with Gasteiger partial charge in [0.1, 0.15) is 0 Å². The predicted molar refractivity (Wildman–Crippen MR) is 91.2 cm³/mol. The van der Waals surface area contributed by atoms with Crippen LogP contribution < -0.4 is 9.62 Å². The Morgan fingerprint density at radius 3 is 2.30 bits per heavy atom. The Morgan fingerprint density at radius 2 is 1.74 bits per heavy atom. The Kier molecular flexibility index (Phi) is 5.26. The lowest BCUT2D eigenvalue weighted by Crippen LogP contribution is -2.44. The molecule has 0 aliphatic heterocycles. The highest BCUT2D eigenvalue weighted by atomic mass is 32.2. The Hall–Kier alpha value is -1.67. The molecule has 6 nitrogen and oxygen atoms in total. The molecular formula is C16H22N2O4S. The van der Waals surface area contributed by atoms with E-state index in [1.807, 2.05) is 31.1 Å². The molecule has 0 bridgehead atoms. The molecule has 0 unspecified atom stereocenters. The van der Waals surface area contributed by atoms with E-state index in [9.17, 15) is 18.6 Å². The highest BCUT2D eigenvalue weighted by Crippen LogP contribution is 2.30. The molecule has 2 atom stereocenters. The maximum atomic E-state index is 12.7. The second-order valence-electron chi connectivity index (χ2n) is 5.67. The van der Waals surface area contributed by atoms with Crippen LogP contribution in [-0.2, 0) is 10.0 Å². The van der Waals surface area contributed by atoms with Crippen molar-refractivity contribution in [1.82, 2.24) is 4.72 Å². The first-order chi connectivity index (χ1) is 10.8. The Balaban J connectivity index is 2.57. The molecule has 2 aromatic carbocycles. The third-order valence-corrected chi connectivity index (χ3v) is 5.26. The van der Waals surface area contributed by atoms with Crippen molar-refractivity contribution < 1.29 is 18.6 Å². The van der Waals surface area contributed by atoms with Gasteiger partial charge in [-0.15, -0.1) is 0 Å². The molecule has 23 heavy (non-hydrogen) atoms. The average molecular weight is 338 g/mol. The van der Waals surface area contributed by atoms with Crippen LogP contribution in [0.3, 0.4) is 0 Å². The molecule has 0 fully saturated rings. The SMILES string of the molecule is C[C@H](O)[C@H](CO)NS(=O)(=O)c1cccc2c(N(C)C)cccc12. The molecule has 3 N–H and O–H groups in total. The minimum absolute atomic E-state index is 0.123. The van der Waals surface area contributed by atoms with E-state index < -0.39 is 28.8 Å². The average Bonchev–Trinajstić information content (AvgIpc) is 2.50. The van der Waals surface area contributed by atoms with E-state index in [1.54, 1.807) is 18.2 Å². The first kappa shape index (κ1) is 17.7. The quantitative estimate of drug-likeness (QED) is 0.729. The van der Waals surface area contributed by atoms with Crippen LogP contribution in [0.15, 0.2) is 41.3 Å². The van der Waals surface area contributed by atoms with Crippen LogP contribution in [0.2, 0.25) is 0 Å². The summed E-state index contributed by atoms with van der Waals surface area (Å²) in [6, 6.07) is 9.57. The number of aliphatic hydroxyl groups is 2. The van der Waals surface area contributed by atoms with E-state index in [2.05, 4.69) is 4.72 Å². The predicted octanol–water partition coefficient (Wildman–Crippen LogP) is 0.926. The van der Waals surface area contributed by atoms with Crippen LogP contribution in [0, 0.1) is 0 Å². The van der Waals surface area contributed by atoms with Gasteiger partial charge in [0.25, 0.3) is 0 Å². The zero-order valence-corrected chi connectivity index (χ0v) is 14.2. The number of hydrogen-bond acceptors (Lipinski definition) is 5. The topological polar surface area (TPSA) is 89.9 Å². The second kappa shape index (κ2) is 6.84. The molecule has 0 saturated heterocycles. The number of sulfonamides is 1. The van der Waals surface area contributed by atoms with Gasteiger partial charge in [0.15, 0.2) is 0 Å². The molecule has 7 heteroatoms. The number of hydrogen-bond donors (Lipinski definition) is 3. The summed E-state index contributed by atoms with van der Waals surface area (Å²) in [6.07, 6.45) is -0.998. The largest absolute Gasteiger partial charge is 0.395 e. The van der Waals surface area contributed by atoms with Gasteiger partial charge < -0.3 is 15.1 Å². The minimum Gasteiger partial charge on any atom is -0.395 e. The van der Waals surface area contributed by atoms with Gasteiger partial charge in [0, 0.05) is 30.6 Å². The Labute approximate surface area is 136 Å². The van der Waals surface area contributed by atoms with Crippen molar-refractivity contribution >= 4 is 26.5 Å². The lowest BCUT2D eigenvalue weighted by Gasteiger charge is -2.20. The van der Waals surface area contributed by atoms with Crippen molar-refractivity contribution in [2.75, 3.05) is 25.6 Å². The van der Waals surface area contributed by atoms with Crippen LogP contribution in [0.4, 0.5) is 5.69 Å². The number of aliphatic hydroxyl groups excluding tert-OH is 2. The van der Waals surface area contributed by atoms with E-state index >= 15 is 0 Å². The van der Waals surface area contributed by atoms with E-state index in [1.165, 1.54) is 13.0 Å². The number of nitrogens with zero attached hydrogens (tertiary/aromatic N) is 1. The molecule has 0 spiro atoms. The van der Waals surface area contributed by atoms with Crippen LogP contribution in [0.1, 0.15) is 6.92 Å². The van der Waals surface area contributed by atoms with Crippen LogP contribution in [-0.4, -0.2) is 51.5 Å². The van der Waals surface area contributed by atoms with Gasteiger partial charge in [-0.25, -0.2) is 13.1 Å². The van der Waals surface area contributed by atoms with Crippen molar-refractivity contribution in [3.8, 4) is 0 Å². The van der Waals surface area contributed by atoms with Crippen molar-refractivity contribution in [2.45, 2.75) is 24.0 Å². The molecule has 0 heterocycles. The summed E-state index contributed by atoms with van der Waals surface area (Å²) in [7, 11) is -0.0896. The molecule has 2 rings (SSSR count). The minimum atomic E-state index is -3.87. The van der Waals surface area contributed by atoms with Gasteiger partial charge in [-0.3, -0.25) is 0 Å². The van der Waals surface area contributed by atoms with Gasteiger partial charge >= 0.3 is 0 Å². The first-order valence-electron chi connectivity index (χ1n) is 7.28. The maximum Gasteiger partial charge on any atom is 0.241 e. The molecule has 0 aromatic heterocycles. The first-order valence-corrected chi connectivity index (χ1v) is 8.76. The fraction of sp³-hybridized carbons (Fsp3) is 0.375. The van der Waals surface area contributed by atoms with Crippen LogP contribution in [0.25, 0.3) is 10.8 Å². The highest BCUT2D eigenvalue weighted by molar-refractivity contribution is 7.89. The third-order valence-electron chi connectivity index (χ3n) is 3.72. The van der Waals surface area contributed by atoms with E-state index in [0.717, 1.165) is 11.1 Å². The summed E-state index contributed by atoms with van der Waals surface area (Å²) in [4.78, 5) is 2.04. The van der Waals surface area contributed by atoms with Gasteiger partial charge in [-0.05, 0) is 19.1 Å². The summed E-state index contributed by atoms with van der Waals surface area (Å²) < 4.78 is 27.7. The zero-order valence-electron chi connectivity index (χ0n) is 13.4. The van der Waals surface area contributed by atoms with E-state index in [-0.39, 0.29) is 4.90 Å². The van der Waals surface area contributed by atoms with Crippen molar-refractivity contribution in [3.05, 3.63) is 36.4 Å². The number of fused-ring (bicyclic) bond motifs is 1. The normalized spacial score (nSPS) is 14.7. The van der Waals surface area contributed by atoms with Gasteiger partial charge in [0.2, 0.25) is 10.0 Å². The molecule has 0 amide bonds. The molecule has 126 valence electrons. The van der Waals surface area contributed by atoms with E-state index in [4.69, 9.17) is 0 Å². The smallest absolute Gasteiger partial charge is 0.241 e. The monoisotopic (exact) mass is 338 g/mol. The van der Waals surface area contributed by atoms with Gasteiger partial charge in [-0.1, -0.05) is 24.3 Å².